The van der Waals surface area contributed by atoms with Crippen LogP contribution in [0.2, 0.25) is 5.02 Å². The molecule has 0 spiro atoms. The number of nitrogens with zero attached hydrogens (tertiary/aromatic N) is 3. The Bertz CT molecular complexity index is 779. The van der Waals surface area contributed by atoms with Gasteiger partial charge >= 0.3 is 0 Å². The lowest BCUT2D eigenvalue weighted by Crippen LogP contribution is -2.48. The van der Waals surface area contributed by atoms with E-state index in [0.29, 0.717) is 28.5 Å². The smallest absolute Gasteiger partial charge is 0.271 e. The van der Waals surface area contributed by atoms with Gasteiger partial charge in [0.1, 0.15) is 11.4 Å². The van der Waals surface area contributed by atoms with E-state index in [2.05, 4.69) is 22.4 Å². The van der Waals surface area contributed by atoms with Crippen LogP contribution < -0.4 is 10.1 Å². The molecule has 2 fully saturated rings. The Balaban J connectivity index is 1.32. The van der Waals surface area contributed by atoms with Crippen LogP contribution in [0.4, 0.5) is 0 Å². The first-order valence-corrected chi connectivity index (χ1v) is 9.41. The number of nitrogens with one attached hydrogen (secondary N) is 1. The molecule has 7 heteroatoms. The summed E-state index contributed by atoms with van der Waals surface area (Å²) in [7, 11) is 2.20. The lowest BCUT2D eigenvalue weighted by Gasteiger charge is -2.36. The van der Waals surface area contributed by atoms with E-state index in [-0.39, 0.29) is 18.7 Å². The summed E-state index contributed by atoms with van der Waals surface area (Å²) in [5.41, 5.74) is 0.422. The van der Waals surface area contributed by atoms with Gasteiger partial charge in [-0.05, 0) is 57.0 Å². The second-order valence-electron chi connectivity index (χ2n) is 7.16. The highest BCUT2D eigenvalue weighted by atomic mass is 35.5. The van der Waals surface area contributed by atoms with Crippen molar-refractivity contribution >= 4 is 17.5 Å². The van der Waals surface area contributed by atoms with Crippen molar-refractivity contribution in [3.05, 3.63) is 47.2 Å². The molecule has 1 aromatic heterocycles. The maximum atomic E-state index is 12.5. The van der Waals surface area contributed by atoms with Gasteiger partial charge in [-0.1, -0.05) is 17.7 Å². The fourth-order valence-electron chi connectivity index (χ4n) is 4.04. The number of hydrogen-bond donors (Lipinski definition) is 1. The van der Waals surface area contributed by atoms with Crippen molar-refractivity contribution in [1.82, 2.24) is 20.0 Å². The van der Waals surface area contributed by atoms with Crippen molar-refractivity contribution in [2.75, 3.05) is 7.05 Å². The maximum Gasteiger partial charge on any atom is 0.271 e. The zero-order valence-electron chi connectivity index (χ0n) is 14.8. The summed E-state index contributed by atoms with van der Waals surface area (Å²) in [5, 5.41) is 8.09. The number of aromatic nitrogens is 2. The number of fused-ring (bicyclic) bond motifs is 2. The van der Waals surface area contributed by atoms with Gasteiger partial charge in [-0.15, -0.1) is 0 Å². The Morgan fingerprint density at radius 2 is 2.08 bits per heavy atom. The number of carbonyl (C=O) groups is 1. The van der Waals surface area contributed by atoms with Crippen LogP contribution in [0, 0.1) is 0 Å². The molecule has 2 unspecified atom stereocenters. The standard InChI is InChI=1S/C19H23ClN4O2/c1-23-15-5-6-16(23)11-14(10-15)21-19(25)18-7-8-24(22-18)12-26-17-4-2-3-13(20)9-17/h2-4,7-9,14-16H,5-6,10-12H2,1H3,(H,21,25). The minimum atomic E-state index is -0.111. The van der Waals surface area contributed by atoms with Crippen LogP contribution >= 0.6 is 11.6 Å². The zero-order valence-corrected chi connectivity index (χ0v) is 15.5. The van der Waals surface area contributed by atoms with Crippen molar-refractivity contribution in [2.24, 2.45) is 0 Å². The molecular formula is C19H23ClN4O2. The lowest BCUT2D eigenvalue weighted by atomic mass is 9.98. The Hall–Kier alpha value is -2.05. The molecule has 138 valence electrons. The Labute approximate surface area is 158 Å². The summed E-state index contributed by atoms with van der Waals surface area (Å²) in [6.07, 6.45) is 6.28. The van der Waals surface area contributed by atoms with Gasteiger partial charge in [-0.25, -0.2) is 4.68 Å². The van der Waals surface area contributed by atoms with Crippen molar-refractivity contribution in [3.8, 4) is 5.75 Å². The Kier molecular flexibility index (Phi) is 4.87. The highest BCUT2D eigenvalue weighted by Crippen LogP contribution is 2.34. The van der Waals surface area contributed by atoms with Crippen LogP contribution in [0.3, 0.4) is 0 Å². The summed E-state index contributed by atoms with van der Waals surface area (Å²) in [6.45, 7) is 0.228. The highest BCUT2D eigenvalue weighted by molar-refractivity contribution is 6.30. The highest BCUT2D eigenvalue weighted by Gasteiger charge is 2.38. The van der Waals surface area contributed by atoms with Crippen LogP contribution in [-0.2, 0) is 6.73 Å². The molecule has 1 N–H and O–H groups in total. The fraction of sp³-hybridized carbons (Fsp3) is 0.474. The molecule has 0 aliphatic carbocycles. The van der Waals surface area contributed by atoms with E-state index in [4.69, 9.17) is 16.3 Å². The van der Waals surface area contributed by atoms with Gasteiger partial charge in [-0.2, -0.15) is 5.10 Å². The predicted molar refractivity (Wildman–Crippen MR) is 99.4 cm³/mol. The average molecular weight is 375 g/mol. The molecule has 1 amide bonds. The first-order valence-electron chi connectivity index (χ1n) is 9.03. The molecular weight excluding hydrogens is 352 g/mol. The van der Waals surface area contributed by atoms with Crippen LogP contribution in [0.15, 0.2) is 36.5 Å². The summed E-state index contributed by atoms with van der Waals surface area (Å²) in [6, 6.07) is 10.4. The molecule has 2 bridgehead atoms. The van der Waals surface area contributed by atoms with Crippen LogP contribution in [0.25, 0.3) is 0 Å². The van der Waals surface area contributed by atoms with E-state index < -0.39 is 0 Å². The second-order valence-corrected chi connectivity index (χ2v) is 7.60. The van der Waals surface area contributed by atoms with Crippen molar-refractivity contribution in [1.29, 1.82) is 0 Å². The van der Waals surface area contributed by atoms with E-state index in [0.717, 1.165) is 12.8 Å². The normalized spacial score (nSPS) is 25.2. The third-order valence-corrected chi connectivity index (χ3v) is 5.70. The van der Waals surface area contributed by atoms with Gasteiger partial charge in [0.15, 0.2) is 6.73 Å². The summed E-state index contributed by atoms with van der Waals surface area (Å²) in [4.78, 5) is 15.0. The van der Waals surface area contributed by atoms with Crippen LogP contribution in [0.5, 0.6) is 5.75 Å². The van der Waals surface area contributed by atoms with E-state index in [1.807, 2.05) is 12.1 Å². The number of halogens is 1. The van der Waals surface area contributed by atoms with Gasteiger partial charge in [0.2, 0.25) is 0 Å². The van der Waals surface area contributed by atoms with Crippen molar-refractivity contribution in [3.63, 3.8) is 0 Å². The number of benzene rings is 1. The van der Waals surface area contributed by atoms with Crippen LogP contribution in [0.1, 0.15) is 36.2 Å². The molecule has 2 atom stereocenters. The first kappa shape index (κ1) is 17.4. The van der Waals surface area contributed by atoms with Crippen LogP contribution in [-0.4, -0.2) is 45.8 Å². The lowest BCUT2D eigenvalue weighted by molar-refractivity contribution is 0.0875. The molecule has 3 heterocycles. The quantitative estimate of drug-likeness (QED) is 0.874. The Morgan fingerprint density at radius 1 is 1.31 bits per heavy atom. The predicted octanol–water partition coefficient (Wildman–Crippen LogP) is 2.93. The minimum absolute atomic E-state index is 0.111. The number of hydrogen-bond acceptors (Lipinski definition) is 4. The minimum Gasteiger partial charge on any atom is -0.471 e. The van der Waals surface area contributed by atoms with Gasteiger partial charge in [-0.3, -0.25) is 4.79 Å². The Morgan fingerprint density at radius 3 is 2.81 bits per heavy atom. The van der Waals surface area contributed by atoms with Crippen molar-refractivity contribution in [2.45, 2.75) is 50.5 Å². The molecule has 0 radical (unpaired) electrons. The fourth-order valence-corrected chi connectivity index (χ4v) is 4.22. The molecule has 0 saturated carbocycles. The molecule has 2 aromatic rings. The number of rotatable bonds is 5. The van der Waals surface area contributed by atoms with E-state index in [1.54, 1.807) is 29.1 Å². The third kappa shape index (κ3) is 3.71. The van der Waals surface area contributed by atoms with E-state index in [1.165, 1.54) is 12.8 Å². The SMILES string of the molecule is CN1C2CCC1CC(NC(=O)c1ccn(COc3cccc(Cl)c3)n1)C2. The first-order chi connectivity index (χ1) is 12.6. The number of ether oxygens (including phenoxy) is 1. The monoisotopic (exact) mass is 374 g/mol. The summed E-state index contributed by atoms with van der Waals surface area (Å²) >= 11 is 5.94. The largest absolute Gasteiger partial charge is 0.471 e. The second kappa shape index (κ2) is 7.29. The number of carbonyl (C=O) groups excluding carboxylic acids is 1. The maximum absolute atomic E-state index is 12.5. The topological polar surface area (TPSA) is 59.4 Å². The third-order valence-electron chi connectivity index (χ3n) is 5.47. The summed E-state index contributed by atoms with van der Waals surface area (Å²) in [5.74, 6) is 0.557. The van der Waals surface area contributed by atoms with Gasteiger partial charge in [0, 0.05) is 29.3 Å². The van der Waals surface area contributed by atoms with E-state index >= 15 is 0 Å². The molecule has 2 aliphatic rings. The number of amides is 1. The average Bonchev–Trinajstić information content (AvgIpc) is 3.16. The van der Waals surface area contributed by atoms with Gasteiger partial charge in [0.25, 0.3) is 5.91 Å². The zero-order chi connectivity index (χ0) is 18.1. The summed E-state index contributed by atoms with van der Waals surface area (Å²) < 4.78 is 7.25. The van der Waals surface area contributed by atoms with Gasteiger partial charge in [0.05, 0.1) is 0 Å². The number of piperidine rings is 1. The molecule has 4 rings (SSSR count). The van der Waals surface area contributed by atoms with Crippen molar-refractivity contribution < 1.29 is 9.53 Å². The van der Waals surface area contributed by atoms with E-state index in [9.17, 15) is 4.79 Å². The molecule has 26 heavy (non-hydrogen) atoms. The van der Waals surface area contributed by atoms with Gasteiger partial charge < -0.3 is 15.0 Å². The molecule has 2 aliphatic heterocycles. The molecule has 2 saturated heterocycles. The molecule has 1 aromatic carbocycles. The molecule has 6 nitrogen and oxygen atoms in total.